The van der Waals surface area contributed by atoms with Gasteiger partial charge < -0.3 is 9.88 Å². The molecule has 148 valence electrons. The summed E-state index contributed by atoms with van der Waals surface area (Å²) in [6.07, 6.45) is -2.77. The van der Waals surface area contributed by atoms with E-state index in [1.54, 1.807) is 0 Å². The average Bonchev–Trinajstić information content (AvgIpc) is 2.81. The lowest BCUT2D eigenvalue weighted by molar-refractivity contribution is -0.147. The molecule has 0 aliphatic carbocycles. The molecule has 0 aromatic carbocycles. The number of halogens is 5. The molecule has 0 bridgehead atoms. The first-order chi connectivity index (χ1) is 12.3. The van der Waals surface area contributed by atoms with E-state index in [1.807, 2.05) is 0 Å². The molecule has 2 N–H and O–H groups in total. The third-order valence-corrected chi connectivity index (χ3v) is 5.36. The second-order valence-electron chi connectivity index (χ2n) is 5.47. The second kappa shape index (κ2) is 7.56. The van der Waals surface area contributed by atoms with Crippen LogP contribution in [0.4, 0.5) is 23.2 Å². The van der Waals surface area contributed by atoms with Gasteiger partial charge in [-0.05, 0) is 35.0 Å². The number of anilines is 1. The van der Waals surface area contributed by atoms with E-state index in [0.717, 1.165) is 10.8 Å². The van der Waals surface area contributed by atoms with Crippen molar-refractivity contribution in [2.75, 3.05) is 5.32 Å². The number of carbonyl (C=O) groups excluding carboxylic acids is 1. The van der Waals surface area contributed by atoms with E-state index >= 15 is 0 Å². The normalized spacial score (nSPS) is 13.4. The Morgan fingerprint density at radius 1 is 1.37 bits per heavy atom. The van der Waals surface area contributed by atoms with Crippen LogP contribution in [0.5, 0.6) is 0 Å². The molecule has 1 amide bonds. The molecular weight excluding hydrogens is 460 g/mol. The number of rotatable bonds is 5. The van der Waals surface area contributed by atoms with Crippen LogP contribution in [0.2, 0.25) is 0 Å². The highest BCUT2D eigenvalue weighted by Gasteiger charge is 2.40. The number of pyridine rings is 1. The van der Waals surface area contributed by atoms with Gasteiger partial charge in [0.25, 0.3) is 5.91 Å². The molecule has 1 atom stereocenters. The third-order valence-electron chi connectivity index (χ3n) is 3.40. The summed E-state index contributed by atoms with van der Waals surface area (Å²) in [5.74, 6) is -2.46. The molecule has 0 saturated carbocycles. The van der Waals surface area contributed by atoms with E-state index < -0.39 is 44.6 Å². The fourth-order valence-corrected chi connectivity index (χ4v) is 3.77. The van der Waals surface area contributed by atoms with Crippen molar-refractivity contribution in [3.05, 3.63) is 40.6 Å². The minimum Gasteiger partial charge on any atom is -0.343 e. The van der Waals surface area contributed by atoms with Crippen molar-refractivity contribution in [1.29, 1.82) is 0 Å². The molecule has 2 aromatic heterocycles. The number of hydrogen-bond acceptors (Lipinski definition) is 4. The molecule has 7 nitrogen and oxygen atoms in total. The van der Waals surface area contributed by atoms with Gasteiger partial charge in [0.2, 0.25) is 10.0 Å². The number of carbonyl (C=O) groups is 1. The van der Waals surface area contributed by atoms with Crippen LogP contribution in [-0.4, -0.2) is 36.1 Å². The molecule has 0 spiro atoms. The van der Waals surface area contributed by atoms with Crippen molar-refractivity contribution in [3.63, 3.8) is 0 Å². The minimum atomic E-state index is -4.85. The van der Waals surface area contributed by atoms with Gasteiger partial charge in [-0.3, -0.25) is 4.79 Å². The highest BCUT2D eigenvalue weighted by atomic mass is 79.9. The summed E-state index contributed by atoms with van der Waals surface area (Å²) in [4.78, 5) is 15.1. The Hall–Kier alpha value is -1.99. The molecule has 27 heavy (non-hydrogen) atoms. The number of alkyl halides is 3. The van der Waals surface area contributed by atoms with Gasteiger partial charge in [-0.25, -0.2) is 17.8 Å². The first-order valence-electron chi connectivity index (χ1n) is 7.19. The Morgan fingerprint density at radius 2 is 2.00 bits per heavy atom. The number of hydrogen-bond donors (Lipinski definition) is 2. The van der Waals surface area contributed by atoms with E-state index in [2.05, 4.69) is 26.2 Å². The van der Waals surface area contributed by atoms with Crippen molar-refractivity contribution in [2.24, 2.45) is 7.05 Å². The molecule has 2 heterocycles. The van der Waals surface area contributed by atoms with Gasteiger partial charge in [-0.15, -0.1) is 0 Å². The number of amides is 1. The molecule has 1 unspecified atom stereocenters. The fraction of sp³-hybridized carbons (Fsp3) is 0.286. The van der Waals surface area contributed by atoms with Crippen molar-refractivity contribution < 1.29 is 30.8 Å². The zero-order valence-corrected chi connectivity index (χ0v) is 16.2. The summed E-state index contributed by atoms with van der Waals surface area (Å²) in [5.41, 5.74) is -0.418. The predicted octanol–water partition coefficient (Wildman–Crippen LogP) is 2.80. The quantitative estimate of drug-likeness (QED) is 0.516. The summed E-state index contributed by atoms with van der Waals surface area (Å²) < 4.78 is 79.1. The second-order valence-corrected chi connectivity index (χ2v) is 7.97. The topological polar surface area (TPSA) is 93.1 Å². The van der Waals surface area contributed by atoms with Crippen LogP contribution in [-0.2, 0) is 17.1 Å². The van der Waals surface area contributed by atoms with Crippen LogP contribution < -0.4 is 10.0 Å². The van der Waals surface area contributed by atoms with E-state index in [0.29, 0.717) is 11.5 Å². The van der Waals surface area contributed by atoms with Crippen LogP contribution in [0.25, 0.3) is 0 Å². The summed E-state index contributed by atoms with van der Waals surface area (Å²) in [7, 11) is -3.66. The molecular formula is C14H13BrF4N4O3S. The van der Waals surface area contributed by atoms with Crippen LogP contribution in [0.3, 0.4) is 0 Å². The Balaban J connectivity index is 2.34. The lowest BCUT2D eigenvalue weighted by atomic mass is 10.3. The monoisotopic (exact) mass is 472 g/mol. The Bertz CT molecular complexity index is 975. The molecule has 0 saturated heterocycles. The number of nitrogens with zero attached hydrogens (tertiary/aromatic N) is 2. The first-order valence-corrected chi connectivity index (χ1v) is 9.47. The third kappa shape index (κ3) is 4.84. The summed E-state index contributed by atoms with van der Waals surface area (Å²) in [6.45, 7) is 0.577. The van der Waals surface area contributed by atoms with Crippen LogP contribution in [0, 0.1) is 5.82 Å². The maximum atomic E-state index is 14.6. The van der Waals surface area contributed by atoms with Gasteiger partial charge in [0.15, 0.2) is 5.82 Å². The zero-order valence-electron chi connectivity index (χ0n) is 13.8. The average molecular weight is 473 g/mol. The largest absolute Gasteiger partial charge is 0.404 e. The van der Waals surface area contributed by atoms with Crippen LogP contribution in [0.15, 0.2) is 34.0 Å². The van der Waals surface area contributed by atoms with Gasteiger partial charge >= 0.3 is 6.18 Å². The molecule has 13 heteroatoms. The minimum absolute atomic E-state index is 0.246. The zero-order chi connectivity index (χ0) is 20.6. The van der Waals surface area contributed by atoms with Gasteiger partial charge in [-0.1, -0.05) is 0 Å². The number of aromatic nitrogens is 2. The van der Waals surface area contributed by atoms with Gasteiger partial charge in [0.05, 0.1) is 0 Å². The molecule has 0 radical (unpaired) electrons. The van der Waals surface area contributed by atoms with Crippen LogP contribution >= 0.6 is 15.9 Å². The number of aryl methyl sites for hydroxylation is 1. The molecule has 0 fully saturated rings. The summed E-state index contributed by atoms with van der Waals surface area (Å²) in [5, 5.41) is 2.35. The Labute approximate surface area is 160 Å². The maximum Gasteiger partial charge on any atom is 0.404 e. The van der Waals surface area contributed by atoms with Gasteiger partial charge in [0.1, 0.15) is 21.2 Å². The Kier molecular flexibility index (Phi) is 5.97. The number of nitrogens with one attached hydrogen (secondary N) is 2. The maximum absolute atomic E-state index is 14.6. The van der Waals surface area contributed by atoms with Gasteiger partial charge in [0, 0.05) is 25.1 Å². The molecule has 2 aromatic rings. The molecule has 0 aliphatic heterocycles. The van der Waals surface area contributed by atoms with Crippen LogP contribution in [0.1, 0.15) is 17.4 Å². The molecule has 0 aliphatic rings. The lowest BCUT2D eigenvalue weighted by Crippen LogP contribution is -2.43. The van der Waals surface area contributed by atoms with Gasteiger partial charge in [-0.2, -0.15) is 17.9 Å². The fourth-order valence-electron chi connectivity index (χ4n) is 2.05. The van der Waals surface area contributed by atoms with E-state index in [9.17, 15) is 30.8 Å². The standard InChI is InChI=1S/C14H13BrF4N4O3S/c1-7(14(17,18)19)22-27(25,26)9-6-23(2)12(11(9)16)13(24)21-8-3-4-20-10(15)5-8/h3-7,22H,1-2H3,(H,20,21,24). The highest BCUT2D eigenvalue weighted by molar-refractivity contribution is 9.10. The summed E-state index contributed by atoms with van der Waals surface area (Å²) >= 11 is 3.09. The van der Waals surface area contributed by atoms with Crippen molar-refractivity contribution in [1.82, 2.24) is 14.3 Å². The first kappa shape index (κ1) is 21.3. The van der Waals surface area contributed by atoms with Crippen molar-refractivity contribution >= 4 is 37.5 Å². The molecule has 2 rings (SSSR count). The Morgan fingerprint density at radius 3 is 2.56 bits per heavy atom. The van der Waals surface area contributed by atoms with Crippen molar-refractivity contribution in [3.8, 4) is 0 Å². The van der Waals surface area contributed by atoms with E-state index in [4.69, 9.17) is 0 Å². The number of sulfonamides is 1. The van der Waals surface area contributed by atoms with Crippen molar-refractivity contribution in [2.45, 2.75) is 24.0 Å². The van der Waals surface area contributed by atoms with E-state index in [1.165, 1.54) is 30.1 Å². The summed E-state index contributed by atoms with van der Waals surface area (Å²) in [6, 6.07) is 0.394. The smallest absolute Gasteiger partial charge is 0.343 e. The van der Waals surface area contributed by atoms with E-state index in [-0.39, 0.29) is 5.69 Å². The predicted molar refractivity (Wildman–Crippen MR) is 91.1 cm³/mol. The SMILES string of the molecule is CC(NS(=O)(=O)c1cn(C)c(C(=O)Nc2ccnc(Br)c2)c1F)C(F)(F)F. The lowest BCUT2D eigenvalue weighted by Gasteiger charge is -2.16. The highest BCUT2D eigenvalue weighted by Crippen LogP contribution is 2.25.